The lowest BCUT2D eigenvalue weighted by atomic mass is 9.59. The molecule has 0 bridgehead atoms. The predicted molar refractivity (Wildman–Crippen MR) is 340 cm³/mol. The summed E-state index contributed by atoms with van der Waals surface area (Å²) in [5.41, 5.74) is 0.188. The van der Waals surface area contributed by atoms with Crippen molar-refractivity contribution in [3.05, 3.63) is 0 Å². The van der Waals surface area contributed by atoms with Crippen LogP contribution in [0.5, 0.6) is 0 Å². The maximum absolute atomic E-state index is 7.02. The molecule has 3 nitrogen and oxygen atoms in total. The Morgan fingerprint density at radius 1 is 0.378 bits per heavy atom. The average molecular weight is 1050 g/mol. The van der Waals surface area contributed by atoms with Crippen molar-refractivity contribution in [2.75, 3.05) is 13.1 Å². The van der Waals surface area contributed by atoms with Crippen molar-refractivity contribution in [1.29, 1.82) is 0 Å². The van der Waals surface area contributed by atoms with Crippen LogP contribution in [0.1, 0.15) is 321 Å². The Labute approximate surface area is 472 Å². The van der Waals surface area contributed by atoms with Gasteiger partial charge in [0.15, 0.2) is 0 Å². The van der Waals surface area contributed by atoms with Crippen LogP contribution < -0.4 is 10.6 Å². The zero-order valence-electron chi connectivity index (χ0n) is 55.1. The van der Waals surface area contributed by atoms with Crippen molar-refractivity contribution in [2.24, 2.45) is 101 Å². The molecule has 11 rings (SSSR count). The maximum atomic E-state index is 7.02. The first-order valence-electron chi connectivity index (χ1n) is 35.1. The third kappa shape index (κ3) is 17.7. The predicted octanol–water partition coefficient (Wildman–Crippen LogP) is 22.6. The van der Waals surface area contributed by atoms with Crippen LogP contribution in [0.15, 0.2) is 0 Å². The molecule has 0 aromatic carbocycles. The number of fused-ring (bicyclic) bond motifs is 11. The van der Waals surface area contributed by atoms with E-state index >= 15 is 0 Å². The SMILES string of the molecule is C.CC.CC.CC.CC.CC.CC.CC.CC.CC.CC.CC(C1CCCCN1)C1CCC2C(CC3C4CCCCC4CCC32)C1C.CC1C2CC3C4CCCCC4CCC3C2CCC12OC1CCCNC1C2C. The van der Waals surface area contributed by atoms with Gasteiger partial charge in [-0.25, -0.2) is 0 Å². The molecule has 3 heteroatoms. The molecular formula is C71H148N2O. The second kappa shape index (κ2) is 42.7. The molecule has 3 heterocycles. The van der Waals surface area contributed by atoms with Crippen LogP contribution in [0.3, 0.4) is 0 Å². The van der Waals surface area contributed by atoms with Gasteiger partial charge in [-0.3, -0.25) is 0 Å². The van der Waals surface area contributed by atoms with Crippen LogP contribution >= 0.6 is 0 Å². The number of ether oxygens (including phenoxy) is 1. The number of hydrogen-bond acceptors (Lipinski definition) is 3. The van der Waals surface area contributed by atoms with Crippen molar-refractivity contribution in [1.82, 2.24) is 10.6 Å². The summed E-state index contributed by atoms with van der Waals surface area (Å²) in [5.74, 6) is 17.4. The Kier molecular flexibility index (Phi) is 43.9. The van der Waals surface area contributed by atoms with Gasteiger partial charge in [0.25, 0.3) is 0 Å². The number of nitrogens with one attached hydrogen (secondary N) is 2. The van der Waals surface area contributed by atoms with E-state index in [4.69, 9.17) is 4.74 Å². The Morgan fingerprint density at radius 2 is 0.811 bits per heavy atom. The molecule has 1 spiro atoms. The summed E-state index contributed by atoms with van der Waals surface area (Å²) in [5, 5.41) is 7.73. The van der Waals surface area contributed by atoms with Gasteiger partial charge < -0.3 is 15.4 Å². The van der Waals surface area contributed by atoms with Crippen molar-refractivity contribution < 1.29 is 4.74 Å². The van der Waals surface area contributed by atoms with Gasteiger partial charge in [-0.1, -0.05) is 219 Å². The fourth-order valence-corrected chi connectivity index (χ4v) is 18.9. The van der Waals surface area contributed by atoms with Gasteiger partial charge >= 0.3 is 0 Å². The largest absolute Gasteiger partial charge is 0.370 e. The number of piperidine rings is 2. The molecule has 0 aromatic heterocycles. The Bertz CT molecular complexity index is 1250. The molecule has 0 radical (unpaired) electrons. The van der Waals surface area contributed by atoms with Crippen molar-refractivity contribution in [3.8, 4) is 0 Å². The van der Waals surface area contributed by atoms with E-state index in [1.165, 1.54) is 77.3 Å². The summed E-state index contributed by atoms with van der Waals surface area (Å²) in [7, 11) is 0. The number of hydrogen-bond donors (Lipinski definition) is 2. The summed E-state index contributed by atoms with van der Waals surface area (Å²) in [6, 6.07) is 1.45. The van der Waals surface area contributed by atoms with Crippen LogP contribution in [-0.2, 0) is 4.74 Å². The summed E-state index contributed by atoms with van der Waals surface area (Å²) in [4.78, 5) is 0. The third-order valence-electron chi connectivity index (χ3n) is 21.4. The standard InChI is InChI=1S/C25H41NO.C25H43N.10C2H6.CH4/c1-15-21-14-22-18-7-4-3-6-17(18)9-10-19(22)20(21)11-12-25(15)16(2)24-23(27-25)8-5-13-26-24;1-16-19(17(2)25-9-5-6-14-26-25)12-13-21-22-11-10-18-7-3-4-8-20(18)24(22)15-23(16)21;10*1-2;/h15-24,26H,3-14H2,1-2H3;16-26H,3-15H2,1-2H3;10*1-2H3;1H4. The third-order valence-corrected chi connectivity index (χ3v) is 21.4. The zero-order valence-corrected chi connectivity index (χ0v) is 55.1. The van der Waals surface area contributed by atoms with E-state index < -0.39 is 0 Å². The highest BCUT2D eigenvalue weighted by Gasteiger charge is 2.63. The normalized spacial score (nSPS) is 41.1. The first-order valence-corrected chi connectivity index (χ1v) is 35.1. The molecule has 11 aliphatic rings. The van der Waals surface area contributed by atoms with Gasteiger partial charge in [-0.05, 0) is 211 Å². The van der Waals surface area contributed by atoms with Gasteiger partial charge in [-0.2, -0.15) is 0 Å². The second-order valence-corrected chi connectivity index (χ2v) is 22.7. The lowest BCUT2D eigenvalue weighted by Gasteiger charge is -2.49. The van der Waals surface area contributed by atoms with Gasteiger partial charge in [0.05, 0.1) is 11.7 Å². The van der Waals surface area contributed by atoms with Gasteiger partial charge in [0.1, 0.15) is 0 Å². The summed E-state index contributed by atoms with van der Waals surface area (Å²) in [6.07, 6.45) is 35.2. The Hall–Kier alpha value is -0.120. The molecule has 3 aliphatic heterocycles. The quantitative estimate of drug-likeness (QED) is 0.289. The molecule has 21 atom stereocenters. The molecule has 21 unspecified atom stereocenters. The van der Waals surface area contributed by atoms with E-state index in [1.807, 2.05) is 138 Å². The van der Waals surface area contributed by atoms with Crippen molar-refractivity contribution >= 4 is 0 Å². The minimum Gasteiger partial charge on any atom is -0.370 e. The van der Waals surface area contributed by atoms with Crippen molar-refractivity contribution in [2.45, 2.75) is 345 Å². The highest BCUT2D eigenvalue weighted by atomic mass is 16.5. The van der Waals surface area contributed by atoms with Gasteiger partial charge in [-0.15, -0.1) is 0 Å². The minimum atomic E-state index is 0. The first kappa shape index (κ1) is 75.9. The minimum absolute atomic E-state index is 0. The summed E-state index contributed by atoms with van der Waals surface area (Å²) >= 11 is 0. The topological polar surface area (TPSA) is 33.3 Å². The Morgan fingerprint density at radius 3 is 1.30 bits per heavy atom. The van der Waals surface area contributed by atoms with Crippen molar-refractivity contribution in [3.63, 3.8) is 0 Å². The molecular weight excluding hydrogens is 897 g/mol. The fourth-order valence-electron chi connectivity index (χ4n) is 18.9. The van der Waals surface area contributed by atoms with Crippen LogP contribution in [0, 0.1) is 101 Å². The highest BCUT2D eigenvalue weighted by molar-refractivity contribution is 5.13. The van der Waals surface area contributed by atoms with Crippen LogP contribution in [-0.4, -0.2) is 36.9 Å². The zero-order chi connectivity index (χ0) is 55.8. The smallest absolute Gasteiger partial charge is 0.0756 e. The van der Waals surface area contributed by atoms with Gasteiger partial charge in [0.2, 0.25) is 0 Å². The first-order chi connectivity index (χ1) is 35.9. The Balaban J connectivity index is 0. The van der Waals surface area contributed by atoms with E-state index in [-0.39, 0.29) is 13.0 Å². The van der Waals surface area contributed by atoms with Crippen LogP contribution in [0.4, 0.5) is 0 Å². The molecule has 2 N–H and O–H groups in total. The van der Waals surface area contributed by atoms with E-state index in [2.05, 4.69) is 38.3 Å². The molecule has 8 aliphatic carbocycles. The molecule has 3 saturated heterocycles. The van der Waals surface area contributed by atoms with E-state index in [0.29, 0.717) is 18.1 Å². The lowest BCUT2D eigenvalue weighted by Crippen LogP contribution is -2.52. The molecule has 74 heavy (non-hydrogen) atoms. The average Bonchev–Trinajstić information content (AvgIpc) is 4.18. The van der Waals surface area contributed by atoms with Crippen LogP contribution in [0.25, 0.3) is 0 Å². The fraction of sp³-hybridized carbons (Fsp3) is 1.00. The molecule has 11 fully saturated rings. The van der Waals surface area contributed by atoms with E-state index in [0.717, 1.165) is 101 Å². The van der Waals surface area contributed by atoms with E-state index in [9.17, 15) is 0 Å². The monoisotopic (exact) mass is 1050 g/mol. The van der Waals surface area contributed by atoms with Gasteiger partial charge in [0, 0.05) is 18.0 Å². The maximum Gasteiger partial charge on any atom is 0.0756 e. The molecule has 0 aromatic rings. The molecule has 0 amide bonds. The lowest BCUT2D eigenvalue weighted by molar-refractivity contribution is -0.141. The summed E-state index contributed by atoms with van der Waals surface area (Å²) < 4.78 is 7.02. The summed E-state index contributed by atoms with van der Waals surface area (Å²) in [6.45, 7) is 52.9. The second-order valence-electron chi connectivity index (χ2n) is 22.7. The highest BCUT2D eigenvalue weighted by Crippen LogP contribution is 2.65. The number of rotatable bonds is 2. The van der Waals surface area contributed by atoms with Crippen LogP contribution in [0.2, 0.25) is 0 Å². The molecule has 448 valence electrons. The molecule has 8 saturated carbocycles. The van der Waals surface area contributed by atoms with E-state index in [1.54, 1.807) is 83.5 Å².